The van der Waals surface area contributed by atoms with Gasteiger partial charge in [0.05, 0.1) is 5.69 Å². The summed E-state index contributed by atoms with van der Waals surface area (Å²) in [6.07, 6.45) is 0. The van der Waals surface area contributed by atoms with Gasteiger partial charge >= 0.3 is 5.97 Å². The third kappa shape index (κ3) is 1.70. The maximum Gasteiger partial charge on any atom is 0.340 e. The standard InChI is InChI=1S/C14H10N2O4/c1-6-2-3-7-9(4-6)20-10-5-8(17)12(15)11(14(18)19)13(10)16-7/h2-5H,15H2,1H3,(H,18,19). The van der Waals surface area contributed by atoms with Crippen LogP contribution in [0.15, 0.2) is 33.5 Å². The molecule has 1 aliphatic carbocycles. The van der Waals surface area contributed by atoms with Gasteiger partial charge in [-0.05, 0) is 24.6 Å². The SMILES string of the molecule is Cc1ccc2nc3c(C(=O)O)c(N)c(=O)cc-3oc2c1. The lowest BCUT2D eigenvalue weighted by atomic mass is 10.1. The Morgan fingerprint density at radius 3 is 2.80 bits per heavy atom. The zero-order valence-corrected chi connectivity index (χ0v) is 10.5. The minimum absolute atomic E-state index is 0.0750. The monoisotopic (exact) mass is 270 g/mol. The number of nitrogen functional groups attached to an aromatic ring is 1. The molecule has 6 nitrogen and oxygen atoms in total. The highest BCUT2D eigenvalue weighted by Crippen LogP contribution is 2.29. The van der Waals surface area contributed by atoms with Crippen molar-refractivity contribution in [3.05, 3.63) is 45.6 Å². The number of fused-ring (bicyclic) bond motifs is 2. The van der Waals surface area contributed by atoms with Crippen molar-refractivity contribution in [1.82, 2.24) is 4.98 Å². The van der Waals surface area contributed by atoms with Gasteiger partial charge < -0.3 is 15.3 Å². The minimum atomic E-state index is -1.31. The zero-order valence-electron chi connectivity index (χ0n) is 10.5. The lowest BCUT2D eigenvalue weighted by Gasteiger charge is -2.10. The highest BCUT2D eigenvalue weighted by molar-refractivity contribution is 6.00. The van der Waals surface area contributed by atoms with Crippen LogP contribution in [0.3, 0.4) is 0 Å². The number of hydrogen-bond donors (Lipinski definition) is 2. The fourth-order valence-electron chi connectivity index (χ4n) is 2.08. The van der Waals surface area contributed by atoms with Gasteiger partial charge in [-0.3, -0.25) is 4.79 Å². The highest BCUT2D eigenvalue weighted by atomic mass is 16.4. The molecule has 0 atom stereocenters. The number of aromatic nitrogens is 1. The molecule has 100 valence electrons. The van der Waals surface area contributed by atoms with E-state index >= 15 is 0 Å². The van der Waals surface area contributed by atoms with Gasteiger partial charge in [-0.25, -0.2) is 9.78 Å². The molecule has 0 saturated heterocycles. The fraction of sp³-hybridized carbons (Fsp3) is 0.0714. The molecule has 6 heteroatoms. The molecule has 0 bridgehead atoms. The summed E-state index contributed by atoms with van der Waals surface area (Å²) in [4.78, 5) is 27.2. The number of aryl methyl sites for hydroxylation is 1. The van der Waals surface area contributed by atoms with Gasteiger partial charge in [0.15, 0.2) is 11.3 Å². The summed E-state index contributed by atoms with van der Waals surface area (Å²) in [6.45, 7) is 1.89. The van der Waals surface area contributed by atoms with Crippen LogP contribution in [0.1, 0.15) is 15.9 Å². The fourth-order valence-corrected chi connectivity index (χ4v) is 2.08. The van der Waals surface area contributed by atoms with E-state index in [0.717, 1.165) is 11.6 Å². The Kier molecular flexibility index (Phi) is 2.47. The smallest absolute Gasteiger partial charge is 0.340 e. The normalized spacial score (nSPS) is 11.1. The quantitative estimate of drug-likeness (QED) is 0.516. The first-order valence-electron chi connectivity index (χ1n) is 5.84. The van der Waals surface area contributed by atoms with E-state index in [4.69, 9.17) is 10.2 Å². The molecule has 1 aliphatic heterocycles. The predicted octanol–water partition coefficient (Wildman–Crippen LogP) is 1.88. The minimum Gasteiger partial charge on any atom is -0.478 e. The maximum atomic E-state index is 11.7. The van der Waals surface area contributed by atoms with Crippen LogP contribution in [0.4, 0.5) is 5.69 Å². The molecule has 0 aromatic heterocycles. The predicted molar refractivity (Wildman–Crippen MR) is 73.0 cm³/mol. The second kappa shape index (κ2) is 4.06. The molecular formula is C14H10N2O4. The van der Waals surface area contributed by atoms with Crippen LogP contribution in [0, 0.1) is 6.92 Å². The molecule has 0 amide bonds. The molecule has 0 unspecified atom stereocenters. The van der Waals surface area contributed by atoms with Crippen LogP contribution >= 0.6 is 0 Å². The van der Waals surface area contributed by atoms with Crippen molar-refractivity contribution in [3.63, 3.8) is 0 Å². The van der Waals surface area contributed by atoms with E-state index < -0.39 is 11.4 Å². The summed E-state index contributed by atoms with van der Waals surface area (Å²) in [7, 11) is 0. The Bertz CT molecular complexity index is 882. The largest absolute Gasteiger partial charge is 0.478 e. The molecule has 0 saturated carbocycles. The number of rotatable bonds is 1. The average molecular weight is 270 g/mol. The molecular weight excluding hydrogens is 260 g/mol. The lowest BCUT2D eigenvalue weighted by molar-refractivity contribution is 0.0698. The van der Waals surface area contributed by atoms with E-state index in [2.05, 4.69) is 4.98 Å². The van der Waals surface area contributed by atoms with Crippen molar-refractivity contribution in [3.8, 4) is 11.5 Å². The summed E-state index contributed by atoms with van der Waals surface area (Å²) in [5.74, 6) is -1.20. The van der Waals surface area contributed by atoms with Crippen molar-refractivity contribution in [2.75, 3.05) is 5.73 Å². The number of nitrogens with zero attached hydrogens (tertiary/aromatic N) is 1. The van der Waals surface area contributed by atoms with Crippen LogP contribution in [0.25, 0.3) is 22.6 Å². The second-order valence-electron chi connectivity index (χ2n) is 4.50. The summed E-state index contributed by atoms with van der Waals surface area (Å²) in [5.41, 5.74) is 6.33. The van der Waals surface area contributed by atoms with Gasteiger partial charge in [-0.1, -0.05) is 6.07 Å². The molecule has 1 heterocycles. The second-order valence-corrected chi connectivity index (χ2v) is 4.50. The highest BCUT2D eigenvalue weighted by Gasteiger charge is 2.23. The third-order valence-corrected chi connectivity index (χ3v) is 3.05. The Hall–Kier alpha value is -2.89. The van der Waals surface area contributed by atoms with Crippen molar-refractivity contribution in [2.24, 2.45) is 0 Å². The van der Waals surface area contributed by atoms with Crippen LogP contribution in [0.2, 0.25) is 0 Å². The number of carbonyl (C=O) groups is 1. The Balaban J connectivity index is 2.51. The number of anilines is 1. The number of benzene rings is 2. The Morgan fingerprint density at radius 1 is 1.35 bits per heavy atom. The number of hydrogen-bond acceptors (Lipinski definition) is 5. The molecule has 1 aromatic carbocycles. The van der Waals surface area contributed by atoms with Crippen molar-refractivity contribution in [1.29, 1.82) is 0 Å². The van der Waals surface area contributed by atoms with Gasteiger partial charge in [0.1, 0.15) is 16.8 Å². The molecule has 1 aromatic rings. The molecule has 2 aliphatic rings. The van der Waals surface area contributed by atoms with E-state index in [0.29, 0.717) is 11.1 Å². The molecule has 0 radical (unpaired) electrons. The molecule has 20 heavy (non-hydrogen) atoms. The molecule has 3 rings (SSSR count). The van der Waals surface area contributed by atoms with E-state index in [-0.39, 0.29) is 22.7 Å². The number of nitrogens with two attached hydrogens (primary N) is 1. The van der Waals surface area contributed by atoms with Crippen molar-refractivity contribution < 1.29 is 14.3 Å². The summed E-state index contributed by atoms with van der Waals surface area (Å²) in [6, 6.07) is 6.48. The van der Waals surface area contributed by atoms with E-state index in [1.54, 1.807) is 12.1 Å². The van der Waals surface area contributed by atoms with Gasteiger partial charge in [-0.15, -0.1) is 0 Å². The summed E-state index contributed by atoms with van der Waals surface area (Å²) < 4.78 is 5.57. The zero-order chi connectivity index (χ0) is 14.4. The third-order valence-electron chi connectivity index (χ3n) is 3.05. The van der Waals surface area contributed by atoms with Crippen molar-refractivity contribution >= 4 is 22.8 Å². The van der Waals surface area contributed by atoms with Crippen LogP contribution in [0.5, 0.6) is 0 Å². The van der Waals surface area contributed by atoms with E-state index in [9.17, 15) is 14.7 Å². The van der Waals surface area contributed by atoms with Gasteiger partial charge in [-0.2, -0.15) is 0 Å². The molecule has 0 spiro atoms. The first-order valence-corrected chi connectivity index (χ1v) is 5.84. The first-order chi connectivity index (χ1) is 9.47. The molecule has 0 fully saturated rings. The summed E-state index contributed by atoms with van der Waals surface area (Å²) in [5, 5.41) is 9.20. The Morgan fingerprint density at radius 2 is 2.10 bits per heavy atom. The van der Waals surface area contributed by atoms with Gasteiger partial charge in [0.2, 0.25) is 5.43 Å². The van der Waals surface area contributed by atoms with Crippen molar-refractivity contribution in [2.45, 2.75) is 6.92 Å². The lowest BCUT2D eigenvalue weighted by Crippen LogP contribution is -2.17. The first kappa shape index (κ1) is 12.2. The van der Waals surface area contributed by atoms with E-state index in [1.165, 1.54) is 0 Å². The number of aromatic carboxylic acids is 1. The van der Waals surface area contributed by atoms with Crippen LogP contribution in [-0.2, 0) is 0 Å². The van der Waals surface area contributed by atoms with Crippen LogP contribution < -0.4 is 11.2 Å². The van der Waals surface area contributed by atoms with Crippen LogP contribution in [-0.4, -0.2) is 16.1 Å². The topological polar surface area (TPSA) is 106 Å². The average Bonchev–Trinajstić information content (AvgIpc) is 2.38. The van der Waals surface area contributed by atoms with Gasteiger partial charge in [0.25, 0.3) is 0 Å². The number of carboxylic acids is 1. The molecule has 3 N–H and O–H groups in total. The van der Waals surface area contributed by atoms with E-state index in [1.807, 2.05) is 13.0 Å². The maximum absolute atomic E-state index is 11.7. The summed E-state index contributed by atoms with van der Waals surface area (Å²) >= 11 is 0. The number of carboxylic acid groups (broad SMARTS) is 1. The van der Waals surface area contributed by atoms with Gasteiger partial charge in [0, 0.05) is 6.07 Å². The Labute approximate surface area is 112 Å².